The van der Waals surface area contributed by atoms with Gasteiger partial charge in [0.2, 0.25) is 5.91 Å². The highest BCUT2D eigenvalue weighted by Gasteiger charge is 2.38. The number of hydrogen-bond donors (Lipinski definition) is 3. The number of alkyl halides is 3. The monoisotopic (exact) mass is 334 g/mol. The van der Waals surface area contributed by atoms with Gasteiger partial charge in [-0.3, -0.25) is 4.79 Å². The van der Waals surface area contributed by atoms with E-state index in [4.69, 9.17) is 15.6 Å². The number of hydrogen-bond acceptors (Lipinski definition) is 3. The second-order valence-electron chi connectivity index (χ2n) is 5.12. The van der Waals surface area contributed by atoms with E-state index < -0.39 is 12.1 Å². The number of carboxylic acid groups (broad SMARTS) is 1. The summed E-state index contributed by atoms with van der Waals surface area (Å²) in [6, 6.07) is 9.96. The summed E-state index contributed by atoms with van der Waals surface area (Å²) in [4.78, 5) is 20.0. The van der Waals surface area contributed by atoms with E-state index in [1.807, 2.05) is 32.0 Å². The number of carbonyl (C=O) groups is 2. The van der Waals surface area contributed by atoms with Crippen LogP contribution in [0.15, 0.2) is 30.3 Å². The lowest BCUT2D eigenvalue weighted by Crippen LogP contribution is -2.45. The zero-order chi connectivity index (χ0) is 18.0. The summed E-state index contributed by atoms with van der Waals surface area (Å²) < 4.78 is 31.7. The van der Waals surface area contributed by atoms with Gasteiger partial charge < -0.3 is 16.2 Å². The molecule has 0 saturated heterocycles. The van der Waals surface area contributed by atoms with Gasteiger partial charge >= 0.3 is 12.1 Å². The fourth-order valence-electron chi connectivity index (χ4n) is 1.68. The molecular formula is C15H21F3N2O3. The molecule has 0 unspecified atom stereocenters. The second kappa shape index (κ2) is 9.83. The van der Waals surface area contributed by atoms with Crippen LogP contribution in [0.25, 0.3) is 0 Å². The van der Waals surface area contributed by atoms with Crippen LogP contribution in [-0.4, -0.2) is 35.7 Å². The van der Waals surface area contributed by atoms with Crippen molar-refractivity contribution in [3.05, 3.63) is 35.9 Å². The van der Waals surface area contributed by atoms with Crippen LogP contribution >= 0.6 is 0 Å². The van der Waals surface area contributed by atoms with Crippen molar-refractivity contribution in [2.24, 2.45) is 11.7 Å². The van der Waals surface area contributed by atoms with Crippen LogP contribution in [0, 0.1) is 5.92 Å². The number of primary amides is 1. The molecule has 1 atom stereocenters. The maximum Gasteiger partial charge on any atom is 0.490 e. The molecule has 0 saturated carbocycles. The fraction of sp³-hybridized carbons (Fsp3) is 0.467. The first kappa shape index (κ1) is 20.9. The van der Waals surface area contributed by atoms with E-state index in [9.17, 15) is 18.0 Å². The van der Waals surface area contributed by atoms with Crippen molar-refractivity contribution in [2.45, 2.75) is 32.5 Å². The molecule has 0 radical (unpaired) electrons. The van der Waals surface area contributed by atoms with Gasteiger partial charge in [0.25, 0.3) is 0 Å². The number of carboxylic acids is 1. The van der Waals surface area contributed by atoms with Crippen molar-refractivity contribution in [1.29, 1.82) is 0 Å². The van der Waals surface area contributed by atoms with E-state index >= 15 is 0 Å². The van der Waals surface area contributed by atoms with Gasteiger partial charge in [0, 0.05) is 0 Å². The van der Waals surface area contributed by atoms with Gasteiger partial charge in [0.15, 0.2) is 0 Å². The summed E-state index contributed by atoms with van der Waals surface area (Å²) in [6.07, 6.45) is -4.17. The number of nitrogens with two attached hydrogens (primary N) is 1. The highest BCUT2D eigenvalue weighted by molar-refractivity contribution is 5.80. The third kappa shape index (κ3) is 9.51. The Kier molecular flexibility index (Phi) is 8.94. The molecule has 5 nitrogen and oxygen atoms in total. The Balaban J connectivity index is 0.000000585. The number of benzene rings is 1. The highest BCUT2D eigenvalue weighted by Crippen LogP contribution is 2.13. The van der Waals surface area contributed by atoms with Crippen LogP contribution in [0.1, 0.15) is 19.4 Å². The summed E-state index contributed by atoms with van der Waals surface area (Å²) in [6.45, 7) is 4.76. The lowest BCUT2D eigenvalue weighted by molar-refractivity contribution is -0.192. The summed E-state index contributed by atoms with van der Waals surface area (Å²) in [5.41, 5.74) is 6.58. The predicted molar refractivity (Wildman–Crippen MR) is 79.7 cm³/mol. The number of carbonyl (C=O) groups excluding carboxylic acids is 1. The van der Waals surface area contributed by atoms with E-state index in [2.05, 4.69) is 17.4 Å². The Morgan fingerprint density at radius 2 is 1.70 bits per heavy atom. The molecule has 0 heterocycles. The van der Waals surface area contributed by atoms with Crippen LogP contribution in [0.5, 0.6) is 0 Å². The predicted octanol–water partition coefficient (Wildman–Crippen LogP) is 1.96. The molecular weight excluding hydrogens is 313 g/mol. The molecule has 0 aromatic heterocycles. The first-order valence-corrected chi connectivity index (χ1v) is 6.92. The molecule has 0 spiro atoms. The average molecular weight is 334 g/mol. The third-order valence-corrected chi connectivity index (χ3v) is 2.84. The van der Waals surface area contributed by atoms with Crippen LogP contribution in [0.3, 0.4) is 0 Å². The molecule has 0 aliphatic carbocycles. The molecule has 1 rings (SSSR count). The standard InChI is InChI=1S/C13H20N2O.C2HF3O2/c1-10(2)12(13(14)16)15-9-8-11-6-4-3-5-7-11;3-2(4,5)1(6)7/h3-7,10,12,15H,8-9H2,1-2H3,(H2,14,16);(H,6,7)/t12-;/m0./s1. The average Bonchev–Trinajstić information content (AvgIpc) is 2.43. The minimum absolute atomic E-state index is 0.230. The SMILES string of the molecule is CC(C)[C@H](NCCc1ccccc1)C(N)=O.O=C(O)C(F)(F)F. The van der Waals surface area contributed by atoms with E-state index in [1.165, 1.54) is 5.56 Å². The first-order valence-electron chi connectivity index (χ1n) is 6.92. The van der Waals surface area contributed by atoms with Crippen molar-refractivity contribution in [1.82, 2.24) is 5.32 Å². The Bertz CT molecular complexity index is 490. The van der Waals surface area contributed by atoms with Crippen LogP contribution in [-0.2, 0) is 16.0 Å². The topological polar surface area (TPSA) is 92.4 Å². The minimum atomic E-state index is -5.08. The van der Waals surface area contributed by atoms with Gasteiger partial charge in [-0.2, -0.15) is 13.2 Å². The first-order chi connectivity index (χ1) is 10.6. The van der Waals surface area contributed by atoms with E-state index in [0.717, 1.165) is 13.0 Å². The molecule has 1 amide bonds. The van der Waals surface area contributed by atoms with Crippen LogP contribution in [0.2, 0.25) is 0 Å². The molecule has 23 heavy (non-hydrogen) atoms. The zero-order valence-electron chi connectivity index (χ0n) is 12.9. The quantitative estimate of drug-likeness (QED) is 0.741. The maximum absolute atomic E-state index is 11.1. The number of nitrogens with one attached hydrogen (secondary N) is 1. The van der Waals surface area contributed by atoms with Crippen molar-refractivity contribution in [3.8, 4) is 0 Å². The van der Waals surface area contributed by atoms with Crippen molar-refractivity contribution in [2.75, 3.05) is 6.54 Å². The number of halogens is 3. The number of amides is 1. The van der Waals surface area contributed by atoms with Gasteiger partial charge in [-0.1, -0.05) is 44.2 Å². The molecule has 0 bridgehead atoms. The van der Waals surface area contributed by atoms with Gasteiger partial charge in [0.1, 0.15) is 0 Å². The van der Waals surface area contributed by atoms with Gasteiger partial charge in [0.05, 0.1) is 6.04 Å². The summed E-state index contributed by atoms with van der Waals surface area (Å²) in [7, 11) is 0. The van der Waals surface area contributed by atoms with Gasteiger partial charge in [-0.05, 0) is 24.4 Å². The van der Waals surface area contributed by atoms with Crippen molar-refractivity contribution < 1.29 is 27.9 Å². The third-order valence-electron chi connectivity index (χ3n) is 2.84. The minimum Gasteiger partial charge on any atom is -0.475 e. The smallest absolute Gasteiger partial charge is 0.475 e. The largest absolute Gasteiger partial charge is 0.490 e. The molecule has 1 aromatic rings. The zero-order valence-corrected chi connectivity index (χ0v) is 12.9. The Labute approximate surface area is 132 Å². The lowest BCUT2D eigenvalue weighted by atomic mass is 10.0. The van der Waals surface area contributed by atoms with E-state index in [1.54, 1.807) is 0 Å². The summed E-state index contributed by atoms with van der Waals surface area (Å²) >= 11 is 0. The Hall–Kier alpha value is -2.09. The van der Waals surface area contributed by atoms with Crippen LogP contribution < -0.4 is 11.1 Å². The normalized spacial score (nSPS) is 12.3. The molecule has 4 N–H and O–H groups in total. The molecule has 8 heteroatoms. The summed E-state index contributed by atoms with van der Waals surface area (Å²) in [5, 5.41) is 10.3. The Morgan fingerprint density at radius 3 is 2.04 bits per heavy atom. The molecule has 130 valence electrons. The second-order valence-corrected chi connectivity index (χ2v) is 5.12. The molecule has 0 aliphatic rings. The Morgan fingerprint density at radius 1 is 1.22 bits per heavy atom. The molecule has 0 fully saturated rings. The van der Waals surface area contributed by atoms with Crippen LogP contribution in [0.4, 0.5) is 13.2 Å². The van der Waals surface area contributed by atoms with E-state index in [0.29, 0.717) is 0 Å². The van der Waals surface area contributed by atoms with E-state index in [-0.39, 0.29) is 17.9 Å². The summed E-state index contributed by atoms with van der Waals surface area (Å²) in [5.74, 6) is -2.80. The maximum atomic E-state index is 11.1. The van der Waals surface area contributed by atoms with Gasteiger partial charge in [-0.25, -0.2) is 4.79 Å². The van der Waals surface area contributed by atoms with Crippen molar-refractivity contribution >= 4 is 11.9 Å². The van der Waals surface area contributed by atoms with Crippen molar-refractivity contribution in [3.63, 3.8) is 0 Å². The highest BCUT2D eigenvalue weighted by atomic mass is 19.4. The number of aliphatic carboxylic acids is 1. The lowest BCUT2D eigenvalue weighted by Gasteiger charge is -2.18. The van der Waals surface area contributed by atoms with Gasteiger partial charge in [-0.15, -0.1) is 0 Å². The number of rotatable bonds is 6. The fourth-order valence-corrected chi connectivity index (χ4v) is 1.68. The molecule has 0 aliphatic heterocycles. The molecule has 1 aromatic carbocycles.